The number of ether oxygens (including phenoxy) is 1. The Labute approximate surface area is 158 Å². The summed E-state index contributed by atoms with van der Waals surface area (Å²) in [5.74, 6) is 0.985. The normalized spacial score (nSPS) is 16.8. The Balaban J connectivity index is 1.38. The van der Waals surface area contributed by atoms with Gasteiger partial charge in [-0.05, 0) is 30.0 Å². The van der Waals surface area contributed by atoms with Gasteiger partial charge in [0.05, 0.1) is 11.0 Å². The number of carbonyl (C=O) groups excluding carboxylic acids is 1. The van der Waals surface area contributed by atoms with Gasteiger partial charge in [-0.25, -0.2) is 9.78 Å². The molecule has 0 radical (unpaired) electrons. The molecule has 1 fully saturated rings. The predicted octanol–water partition coefficient (Wildman–Crippen LogP) is 3.19. The van der Waals surface area contributed by atoms with Crippen molar-refractivity contribution in [2.24, 2.45) is 5.92 Å². The van der Waals surface area contributed by atoms with E-state index in [4.69, 9.17) is 4.74 Å². The largest absolute Gasteiger partial charge is 0.445 e. The third kappa shape index (κ3) is 3.80. The van der Waals surface area contributed by atoms with Gasteiger partial charge in [0.1, 0.15) is 19.0 Å². The third-order valence-corrected chi connectivity index (χ3v) is 5.06. The van der Waals surface area contributed by atoms with E-state index in [1.165, 1.54) is 0 Å². The van der Waals surface area contributed by atoms with E-state index >= 15 is 0 Å². The quantitative estimate of drug-likeness (QED) is 0.754. The zero-order valence-corrected chi connectivity index (χ0v) is 15.1. The fourth-order valence-corrected chi connectivity index (χ4v) is 3.67. The van der Waals surface area contributed by atoms with E-state index in [1.54, 1.807) is 4.90 Å². The van der Waals surface area contributed by atoms with Crippen LogP contribution in [0.3, 0.4) is 0 Å². The second-order valence-electron chi connectivity index (χ2n) is 6.93. The van der Waals surface area contributed by atoms with Crippen molar-refractivity contribution in [2.75, 3.05) is 13.1 Å². The Morgan fingerprint density at radius 3 is 2.74 bits per heavy atom. The lowest BCUT2D eigenvalue weighted by molar-refractivity contribution is 0.103. The molecule has 6 heteroatoms. The van der Waals surface area contributed by atoms with Crippen LogP contribution in [0.2, 0.25) is 0 Å². The standard InChI is InChI=1S/C21H23N3O3/c25-14-20-22-18-8-4-5-9-19(18)24(20)13-17-10-11-23(12-17)21(26)27-15-16-6-2-1-3-7-16/h1-9,17,25H,10-15H2/t17-/m0/s1. The summed E-state index contributed by atoms with van der Waals surface area (Å²) < 4.78 is 7.51. The number of fused-ring (bicyclic) bond motifs is 1. The Bertz CT molecular complexity index is 923. The van der Waals surface area contributed by atoms with Gasteiger partial charge in [-0.15, -0.1) is 0 Å². The van der Waals surface area contributed by atoms with Crippen LogP contribution in [0.4, 0.5) is 4.79 Å². The molecule has 2 heterocycles. The second-order valence-corrected chi connectivity index (χ2v) is 6.93. The van der Waals surface area contributed by atoms with Crippen molar-refractivity contribution < 1.29 is 14.6 Å². The second kappa shape index (κ2) is 7.80. The molecule has 1 aromatic heterocycles. The van der Waals surface area contributed by atoms with E-state index in [0.717, 1.165) is 29.6 Å². The minimum Gasteiger partial charge on any atom is -0.445 e. The van der Waals surface area contributed by atoms with E-state index in [2.05, 4.69) is 9.55 Å². The van der Waals surface area contributed by atoms with Gasteiger partial charge in [-0.2, -0.15) is 0 Å². The van der Waals surface area contributed by atoms with Gasteiger partial charge in [-0.3, -0.25) is 0 Å². The Morgan fingerprint density at radius 1 is 1.15 bits per heavy atom. The Kier molecular flexibility index (Phi) is 5.07. The van der Waals surface area contributed by atoms with Gasteiger partial charge in [0.25, 0.3) is 0 Å². The number of aromatic nitrogens is 2. The van der Waals surface area contributed by atoms with Gasteiger partial charge in [-0.1, -0.05) is 42.5 Å². The molecule has 1 amide bonds. The summed E-state index contributed by atoms with van der Waals surface area (Å²) in [6.07, 6.45) is 0.650. The molecule has 140 valence electrons. The average Bonchev–Trinajstić information content (AvgIpc) is 3.32. The van der Waals surface area contributed by atoms with Crippen molar-refractivity contribution in [1.29, 1.82) is 0 Å². The zero-order chi connectivity index (χ0) is 18.6. The zero-order valence-electron chi connectivity index (χ0n) is 15.1. The number of nitrogens with zero attached hydrogens (tertiary/aromatic N) is 3. The van der Waals surface area contributed by atoms with Crippen molar-refractivity contribution in [1.82, 2.24) is 14.5 Å². The van der Waals surface area contributed by atoms with Crippen molar-refractivity contribution in [3.63, 3.8) is 0 Å². The van der Waals surface area contributed by atoms with Gasteiger partial charge in [0, 0.05) is 19.6 Å². The highest BCUT2D eigenvalue weighted by Crippen LogP contribution is 2.23. The number of para-hydroxylation sites is 2. The molecule has 0 bridgehead atoms. The van der Waals surface area contributed by atoms with E-state index in [0.29, 0.717) is 31.4 Å². The molecule has 0 spiro atoms. The van der Waals surface area contributed by atoms with E-state index < -0.39 is 0 Å². The van der Waals surface area contributed by atoms with Gasteiger partial charge >= 0.3 is 6.09 Å². The third-order valence-electron chi connectivity index (χ3n) is 5.06. The summed E-state index contributed by atoms with van der Waals surface area (Å²) in [5, 5.41) is 9.64. The summed E-state index contributed by atoms with van der Waals surface area (Å²) in [7, 11) is 0. The number of rotatable bonds is 5. The number of benzene rings is 2. The minimum absolute atomic E-state index is 0.0930. The lowest BCUT2D eigenvalue weighted by Gasteiger charge is -2.17. The predicted molar refractivity (Wildman–Crippen MR) is 102 cm³/mol. The number of amides is 1. The minimum atomic E-state index is -0.265. The first kappa shape index (κ1) is 17.5. The van der Waals surface area contributed by atoms with Crippen LogP contribution in [0.5, 0.6) is 0 Å². The van der Waals surface area contributed by atoms with Crippen LogP contribution in [-0.2, 0) is 24.5 Å². The molecule has 1 atom stereocenters. The fraction of sp³-hybridized carbons (Fsp3) is 0.333. The maximum Gasteiger partial charge on any atom is 0.410 e. The highest BCUT2D eigenvalue weighted by Gasteiger charge is 2.28. The topological polar surface area (TPSA) is 67.6 Å². The van der Waals surface area contributed by atoms with Crippen molar-refractivity contribution in [3.05, 3.63) is 66.0 Å². The fourth-order valence-electron chi connectivity index (χ4n) is 3.67. The summed E-state index contributed by atoms with van der Waals surface area (Å²) in [5.41, 5.74) is 2.89. The maximum atomic E-state index is 12.3. The number of likely N-dealkylation sites (tertiary alicyclic amines) is 1. The lowest BCUT2D eigenvalue weighted by Crippen LogP contribution is -2.29. The van der Waals surface area contributed by atoms with Crippen LogP contribution in [0.15, 0.2) is 54.6 Å². The number of aliphatic hydroxyl groups excluding tert-OH is 1. The van der Waals surface area contributed by atoms with Gasteiger partial charge < -0.3 is 19.3 Å². The first-order chi connectivity index (χ1) is 13.2. The van der Waals surface area contributed by atoms with Crippen LogP contribution < -0.4 is 0 Å². The summed E-state index contributed by atoms with van der Waals surface area (Å²) in [6, 6.07) is 17.6. The van der Waals surface area contributed by atoms with Crippen molar-refractivity contribution in [3.8, 4) is 0 Å². The molecule has 4 rings (SSSR count). The first-order valence-electron chi connectivity index (χ1n) is 9.25. The van der Waals surface area contributed by atoms with Crippen LogP contribution in [-0.4, -0.2) is 38.7 Å². The molecule has 0 unspecified atom stereocenters. The smallest absolute Gasteiger partial charge is 0.410 e. The SMILES string of the molecule is O=C(OCc1ccccc1)N1CC[C@H](Cn2c(CO)nc3ccccc32)C1. The highest BCUT2D eigenvalue weighted by atomic mass is 16.6. The highest BCUT2D eigenvalue weighted by molar-refractivity contribution is 5.75. The Hall–Kier alpha value is -2.86. The number of aliphatic hydroxyl groups is 1. The van der Waals surface area contributed by atoms with Crippen LogP contribution in [0, 0.1) is 5.92 Å². The molecule has 3 aromatic rings. The number of hydrogen-bond donors (Lipinski definition) is 1. The van der Waals surface area contributed by atoms with Gasteiger partial charge in [0.2, 0.25) is 0 Å². The summed E-state index contributed by atoms with van der Waals surface area (Å²) in [6.45, 7) is 2.29. The van der Waals surface area contributed by atoms with Crippen LogP contribution in [0.1, 0.15) is 17.8 Å². The molecule has 1 aliphatic heterocycles. The monoisotopic (exact) mass is 365 g/mol. The van der Waals surface area contributed by atoms with Crippen molar-refractivity contribution >= 4 is 17.1 Å². The number of hydrogen-bond acceptors (Lipinski definition) is 4. The average molecular weight is 365 g/mol. The molecular weight excluding hydrogens is 342 g/mol. The molecule has 2 aromatic carbocycles. The number of imidazole rings is 1. The van der Waals surface area contributed by atoms with Crippen molar-refractivity contribution in [2.45, 2.75) is 26.2 Å². The molecular formula is C21H23N3O3. The van der Waals surface area contributed by atoms with E-state index in [1.807, 2.05) is 54.6 Å². The summed E-state index contributed by atoms with van der Waals surface area (Å²) in [4.78, 5) is 18.6. The molecule has 0 aliphatic carbocycles. The molecule has 27 heavy (non-hydrogen) atoms. The Morgan fingerprint density at radius 2 is 1.93 bits per heavy atom. The molecule has 1 N–H and O–H groups in total. The lowest BCUT2D eigenvalue weighted by atomic mass is 10.1. The molecule has 6 nitrogen and oxygen atoms in total. The molecule has 0 saturated carbocycles. The van der Waals surface area contributed by atoms with Crippen LogP contribution >= 0.6 is 0 Å². The molecule has 1 saturated heterocycles. The maximum absolute atomic E-state index is 12.3. The number of carbonyl (C=O) groups is 1. The molecule has 1 aliphatic rings. The van der Waals surface area contributed by atoms with E-state index in [9.17, 15) is 9.90 Å². The van der Waals surface area contributed by atoms with Gasteiger partial charge in [0.15, 0.2) is 0 Å². The van der Waals surface area contributed by atoms with E-state index in [-0.39, 0.29) is 12.7 Å². The first-order valence-corrected chi connectivity index (χ1v) is 9.25. The van der Waals surface area contributed by atoms with Crippen LogP contribution in [0.25, 0.3) is 11.0 Å². The summed E-state index contributed by atoms with van der Waals surface area (Å²) >= 11 is 0.